The number of carbonyl (C=O) groups excluding carboxylic acids is 2. The van der Waals surface area contributed by atoms with Crippen LogP contribution in [0.5, 0.6) is 11.5 Å². The maximum absolute atomic E-state index is 13.7. The Morgan fingerprint density at radius 3 is 2.44 bits per heavy atom. The van der Waals surface area contributed by atoms with Crippen LogP contribution in [0.2, 0.25) is 0 Å². The second kappa shape index (κ2) is 8.86. The molecule has 0 fully saturated rings. The minimum absolute atomic E-state index is 0.0383. The van der Waals surface area contributed by atoms with Crippen molar-refractivity contribution in [2.24, 2.45) is 0 Å². The van der Waals surface area contributed by atoms with Gasteiger partial charge in [-0.15, -0.1) is 0 Å². The van der Waals surface area contributed by atoms with Gasteiger partial charge in [-0.2, -0.15) is 0 Å². The van der Waals surface area contributed by atoms with Gasteiger partial charge in [-0.05, 0) is 53.8 Å². The molecule has 2 atom stereocenters. The number of hydrogen-bond donors (Lipinski definition) is 1. The number of carbonyl (C=O) groups is 2. The zero-order valence-electron chi connectivity index (χ0n) is 19.6. The van der Waals surface area contributed by atoms with Gasteiger partial charge in [0.1, 0.15) is 0 Å². The van der Waals surface area contributed by atoms with Crippen molar-refractivity contribution in [1.82, 2.24) is 10.2 Å². The number of ether oxygens (including phenoxy) is 2. The first-order valence-corrected chi connectivity index (χ1v) is 11.5. The smallest absolute Gasteiger partial charge is 0.254 e. The molecule has 0 aliphatic carbocycles. The minimum Gasteiger partial charge on any atom is -0.493 e. The third-order valence-corrected chi connectivity index (χ3v) is 6.89. The molecule has 0 saturated heterocycles. The molecule has 174 valence electrons. The number of aryl methyl sites for hydroxylation is 1. The van der Waals surface area contributed by atoms with Crippen LogP contribution in [0.3, 0.4) is 0 Å². The van der Waals surface area contributed by atoms with Crippen molar-refractivity contribution in [3.8, 4) is 11.5 Å². The summed E-state index contributed by atoms with van der Waals surface area (Å²) in [5.74, 6) is 0.573. The van der Waals surface area contributed by atoms with Crippen LogP contribution in [0.15, 0.2) is 60.7 Å². The van der Waals surface area contributed by atoms with Gasteiger partial charge >= 0.3 is 0 Å². The first-order valence-electron chi connectivity index (χ1n) is 11.5. The van der Waals surface area contributed by atoms with Crippen molar-refractivity contribution in [1.29, 1.82) is 0 Å². The predicted molar refractivity (Wildman–Crippen MR) is 129 cm³/mol. The average molecular weight is 457 g/mol. The molecule has 0 unspecified atom stereocenters. The molecule has 3 aromatic carbocycles. The van der Waals surface area contributed by atoms with Crippen LogP contribution in [-0.2, 0) is 17.8 Å². The lowest BCUT2D eigenvalue weighted by molar-refractivity contribution is -0.124. The van der Waals surface area contributed by atoms with Gasteiger partial charge in [0.15, 0.2) is 11.5 Å². The molecule has 5 rings (SSSR count). The third kappa shape index (κ3) is 3.69. The van der Waals surface area contributed by atoms with E-state index in [9.17, 15) is 9.59 Å². The van der Waals surface area contributed by atoms with Crippen LogP contribution < -0.4 is 14.8 Å². The maximum Gasteiger partial charge on any atom is 0.254 e. The molecule has 2 aliphatic heterocycles. The molecule has 0 spiro atoms. The van der Waals surface area contributed by atoms with E-state index in [2.05, 4.69) is 5.32 Å². The van der Waals surface area contributed by atoms with Gasteiger partial charge < -0.3 is 19.7 Å². The Morgan fingerprint density at radius 1 is 1.00 bits per heavy atom. The number of benzene rings is 3. The lowest BCUT2D eigenvalue weighted by Crippen LogP contribution is -2.50. The van der Waals surface area contributed by atoms with Gasteiger partial charge in [-0.3, -0.25) is 9.59 Å². The zero-order chi connectivity index (χ0) is 23.8. The molecule has 2 heterocycles. The highest BCUT2D eigenvalue weighted by Gasteiger charge is 2.46. The summed E-state index contributed by atoms with van der Waals surface area (Å²) in [4.78, 5) is 29.0. The average Bonchev–Trinajstić information content (AvgIpc) is 2.87. The topological polar surface area (TPSA) is 67.9 Å². The second-order valence-corrected chi connectivity index (χ2v) is 8.87. The first kappa shape index (κ1) is 22.0. The van der Waals surface area contributed by atoms with Crippen LogP contribution in [-0.4, -0.2) is 37.5 Å². The van der Waals surface area contributed by atoms with Crippen molar-refractivity contribution in [2.75, 3.05) is 20.8 Å². The van der Waals surface area contributed by atoms with Gasteiger partial charge in [-0.1, -0.05) is 48.0 Å². The van der Waals surface area contributed by atoms with Gasteiger partial charge in [0, 0.05) is 18.7 Å². The van der Waals surface area contributed by atoms with Crippen LogP contribution in [0, 0.1) is 6.92 Å². The molecular formula is C28H28N2O4. The number of hydrogen-bond acceptors (Lipinski definition) is 4. The van der Waals surface area contributed by atoms with Crippen molar-refractivity contribution in [3.63, 3.8) is 0 Å². The number of fused-ring (bicyclic) bond motifs is 4. The summed E-state index contributed by atoms with van der Waals surface area (Å²) in [5.41, 5.74) is 5.57. The van der Waals surface area contributed by atoms with Crippen molar-refractivity contribution in [2.45, 2.75) is 31.8 Å². The summed E-state index contributed by atoms with van der Waals surface area (Å²) in [7, 11) is 3.21. The van der Waals surface area contributed by atoms with Gasteiger partial charge in [0.25, 0.3) is 5.91 Å². The Morgan fingerprint density at radius 2 is 1.71 bits per heavy atom. The lowest BCUT2D eigenvalue weighted by atomic mass is 9.75. The Labute approximate surface area is 199 Å². The fraction of sp³-hybridized carbons (Fsp3) is 0.286. The second-order valence-electron chi connectivity index (χ2n) is 8.87. The minimum atomic E-state index is -0.531. The molecule has 0 bridgehead atoms. The Hall–Kier alpha value is -3.80. The molecular weight excluding hydrogens is 428 g/mol. The van der Waals surface area contributed by atoms with E-state index in [0.29, 0.717) is 36.6 Å². The highest BCUT2D eigenvalue weighted by atomic mass is 16.5. The molecule has 0 radical (unpaired) electrons. The highest BCUT2D eigenvalue weighted by molar-refractivity contribution is 6.01. The quantitative estimate of drug-likeness (QED) is 0.626. The van der Waals surface area contributed by atoms with E-state index in [1.54, 1.807) is 14.2 Å². The number of amides is 2. The van der Waals surface area contributed by atoms with Crippen molar-refractivity contribution >= 4 is 11.8 Å². The number of nitrogens with zero attached hydrogens (tertiary/aromatic N) is 1. The number of methoxy groups -OCH3 is 2. The van der Waals surface area contributed by atoms with E-state index in [4.69, 9.17) is 9.47 Å². The highest BCUT2D eigenvalue weighted by Crippen LogP contribution is 2.48. The Bertz CT molecular complexity index is 1250. The summed E-state index contributed by atoms with van der Waals surface area (Å²) in [6.45, 7) is 3.01. The molecule has 6 heteroatoms. The van der Waals surface area contributed by atoms with E-state index >= 15 is 0 Å². The van der Waals surface area contributed by atoms with Gasteiger partial charge in [0.2, 0.25) is 5.91 Å². The summed E-state index contributed by atoms with van der Waals surface area (Å²) in [5, 5.41) is 3.13. The van der Waals surface area contributed by atoms with Crippen LogP contribution >= 0.6 is 0 Å². The first-order chi connectivity index (χ1) is 16.5. The van der Waals surface area contributed by atoms with Crippen molar-refractivity contribution in [3.05, 3.63) is 94.0 Å². The van der Waals surface area contributed by atoms with Crippen LogP contribution in [0.25, 0.3) is 0 Å². The summed E-state index contributed by atoms with van der Waals surface area (Å²) in [6, 6.07) is 19.1. The number of nitrogens with one attached hydrogen (secondary N) is 1. The van der Waals surface area contributed by atoms with Gasteiger partial charge in [0.05, 0.1) is 26.2 Å². The fourth-order valence-corrected chi connectivity index (χ4v) is 5.14. The van der Waals surface area contributed by atoms with Crippen LogP contribution in [0.1, 0.15) is 50.1 Å². The molecule has 2 amide bonds. The van der Waals surface area contributed by atoms with Gasteiger partial charge in [-0.25, -0.2) is 0 Å². The van der Waals surface area contributed by atoms with E-state index in [-0.39, 0.29) is 11.8 Å². The molecule has 2 aliphatic rings. The third-order valence-electron chi connectivity index (χ3n) is 6.89. The molecule has 34 heavy (non-hydrogen) atoms. The van der Waals surface area contributed by atoms with E-state index < -0.39 is 12.0 Å². The van der Waals surface area contributed by atoms with Crippen molar-refractivity contribution < 1.29 is 19.1 Å². The summed E-state index contributed by atoms with van der Waals surface area (Å²) >= 11 is 0. The number of rotatable bonds is 5. The molecule has 0 saturated carbocycles. The molecule has 0 aromatic heterocycles. The van der Waals surface area contributed by atoms with Crippen LogP contribution in [0.4, 0.5) is 0 Å². The van der Waals surface area contributed by atoms with E-state index in [1.807, 2.05) is 72.5 Å². The maximum atomic E-state index is 13.7. The SMILES string of the molecule is COc1cc2c(cc1OC)[C@@H]1[C@@H](C(=O)NCc3ccc(C)cc3)c3ccccc3C(=O)N1CC2. The monoisotopic (exact) mass is 456 g/mol. The summed E-state index contributed by atoms with van der Waals surface area (Å²) in [6.07, 6.45) is 0.692. The Balaban J connectivity index is 1.57. The largest absolute Gasteiger partial charge is 0.493 e. The fourth-order valence-electron chi connectivity index (χ4n) is 5.14. The molecule has 3 aromatic rings. The van der Waals surface area contributed by atoms with E-state index in [1.165, 1.54) is 5.56 Å². The zero-order valence-corrected chi connectivity index (χ0v) is 19.6. The standard InChI is InChI=1S/C28H28N2O4/c1-17-8-10-18(11-9-17)16-29-27(31)25-20-6-4-5-7-21(20)28(32)30-13-12-19-14-23(33-2)24(34-3)15-22(19)26(25)30/h4-11,14-15,25-26H,12-13,16H2,1-3H3,(H,29,31)/t25-,26+/m0/s1. The van der Waals surface area contributed by atoms with E-state index in [0.717, 1.165) is 22.3 Å². The molecule has 1 N–H and O–H groups in total. The summed E-state index contributed by atoms with van der Waals surface area (Å²) < 4.78 is 11.1. The Kier molecular flexibility index (Phi) is 5.74. The predicted octanol–water partition coefficient (Wildman–Crippen LogP) is 4.17. The lowest BCUT2D eigenvalue weighted by Gasteiger charge is -2.45. The normalized spacial score (nSPS) is 18.4. The molecule has 6 nitrogen and oxygen atoms in total.